The van der Waals surface area contributed by atoms with Crippen LogP contribution in [0.1, 0.15) is 38.5 Å². The Hall–Kier alpha value is -2.72. The van der Waals surface area contributed by atoms with Gasteiger partial charge in [0.2, 0.25) is 0 Å². The van der Waals surface area contributed by atoms with Gasteiger partial charge in [0.05, 0.1) is 5.69 Å². The highest BCUT2D eigenvalue weighted by Crippen LogP contribution is 2.41. The van der Waals surface area contributed by atoms with E-state index in [1.54, 1.807) is 12.1 Å². The van der Waals surface area contributed by atoms with E-state index >= 15 is 0 Å². The normalized spacial score (nSPS) is 27.2. The van der Waals surface area contributed by atoms with Crippen LogP contribution in [0.2, 0.25) is 0 Å². The first kappa shape index (κ1) is 24.6. The van der Waals surface area contributed by atoms with Crippen LogP contribution in [0.15, 0.2) is 24.3 Å². The molecule has 1 amide bonds. The second kappa shape index (κ2) is 9.87. The SMILES string of the molecule is O=C(Nc1cc(F)c(F)c(-c2ccc(NC3C[C@@H]4CN(CC5CCOCC5)C[C@@H]4C3)nn2)c1)C1(F)CC1. The third kappa shape index (κ3) is 5.31. The lowest BCUT2D eigenvalue weighted by atomic mass is 10.00. The van der Waals surface area contributed by atoms with Gasteiger partial charge >= 0.3 is 0 Å². The number of amides is 1. The van der Waals surface area contributed by atoms with Crippen molar-refractivity contribution in [2.75, 3.05) is 43.5 Å². The molecule has 2 aliphatic heterocycles. The van der Waals surface area contributed by atoms with Crippen LogP contribution in [-0.2, 0) is 9.53 Å². The maximum absolute atomic E-state index is 14.5. The highest BCUT2D eigenvalue weighted by Gasteiger charge is 2.51. The van der Waals surface area contributed by atoms with E-state index in [1.165, 1.54) is 25.5 Å². The number of rotatable bonds is 7. The highest BCUT2D eigenvalue weighted by molar-refractivity contribution is 5.99. The van der Waals surface area contributed by atoms with Gasteiger partial charge in [-0.25, -0.2) is 13.2 Å². The molecule has 4 aliphatic rings. The molecule has 4 fully saturated rings. The molecule has 2 aliphatic carbocycles. The van der Waals surface area contributed by atoms with Crippen LogP contribution in [-0.4, -0.2) is 65.6 Å². The summed E-state index contributed by atoms with van der Waals surface area (Å²) in [7, 11) is 0. The first-order chi connectivity index (χ1) is 17.9. The van der Waals surface area contributed by atoms with Gasteiger partial charge in [-0.15, -0.1) is 10.2 Å². The summed E-state index contributed by atoms with van der Waals surface area (Å²) in [5.74, 6) is -0.386. The summed E-state index contributed by atoms with van der Waals surface area (Å²) in [4.78, 5) is 14.6. The molecule has 3 heterocycles. The van der Waals surface area contributed by atoms with Crippen molar-refractivity contribution in [1.29, 1.82) is 0 Å². The van der Waals surface area contributed by atoms with Crippen LogP contribution in [0.25, 0.3) is 11.3 Å². The third-order valence-corrected chi connectivity index (χ3v) is 8.36. The van der Waals surface area contributed by atoms with Gasteiger partial charge in [-0.1, -0.05) is 0 Å². The molecule has 3 atom stereocenters. The zero-order valence-corrected chi connectivity index (χ0v) is 20.7. The number of hydrogen-bond acceptors (Lipinski definition) is 6. The fourth-order valence-electron chi connectivity index (χ4n) is 6.15. The number of hydrogen-bond donors (Lipinski definition) is 2. The number of carbonyl (C=O) groups excluding carboxylic acids is 1. The Morgan fingerprint density at radius 3 is 2.46 bits per heavy atom. The summed E-state index contributed by atoms with van der Waals surface area (Å²) >= 11 is 0. The Kier molecular flexibility index (Phi) is 6.56. The van der Waals surface area contributed by atoms with Crippen molar-refractivity contribution in [3.8, 4) is 11.3 Å². The van der Waals surface area contributed by atoms with Crippen molar-refractivity contribution in [2.45, 2.75) is 50.2 Å². The van der Waals surface area contributed by atoms with E-state index in [9.17, 15) is 18.0 Å². The average Bonchev–Trinajstić information content (AvgIpc) is 3.38. The fraction of sp³-hybridized carbons (Fsp3) is 0.593. The van der Waals surface area contributed by atoms with Crippen molar-refractivity contribution in [3.63, 3.8) is 0 Å². The number of nitrogens with one attached hydrogen (secondary N) is 2. The number of likely N-dealkylation sites (tertiary alicyclic amines) is 1. The Bertz CT molecular complexity index is 1140. The van der Waals surface area contributed by atoms with Gasteiger partial charge in [0.15, 0.2) is 17.3 Å². The van der Waals surface area contributed by atoms with E-state index in [0.717, 1.165) is 51.1 Å². The van der Waals surface area contributed by atoms with Crippen molar-refractivity contribution in [3.05, 3.63) is 35.9 Å². The maximum atomic E-state index is 14.5. The first-order valence-electron chi connectivity index (χ1n) is 13.3. The minimum Gasteiger partial charge on any atom is -0.381 e. The van der Waals surface area contributed by atoms with Crippen LogP contribution in [0.3, 0.4) is 0 Å². The number of aromatic nitrogens is 2. The van der Waals surface area contributed by atoms with E-state index in [2.05, 4.69) is 25.7 Å². The molecular formula is C27H32F3N5O2. The lowest BCUT2D eigenvalue weighted by Crippen LogP contribution is -2.32. The number of nitrogens with zero attached hydrogens (tertiary/aromatic N) is 3. The zero-order valence-electron chi connectivity index (χ0n) is 20.7. The zero-order chi connectivity index (χ0) is 25.6. The third-order valence-electron chi connectivity index (χ3n) is 8.36. The molecule has 2 saturated heterocycles. The summed E-state index contributed by atoms with van der Waals surface area (Å²) in [6.07, 6.45) is 4.75. The summed E-state index contributed by atoms with van der Waals surface area (Å²) in [5.41, 5.74) is -1.94. The second-order valence-corrected chi connectivity index (χ2v) is 11.1. The maximum Gasteiger partial charge on any atom is 0.262 e. The van der Waals surface area contributed by atoms with Crippen LogP contribution >= 0.6 is 0 Å². The standard InChI is InChI=1S/C27H32F3N5O2/c28-22-12-20(32-26(36)27(30)5-6-27)11-21(25(22)29)23-1-2-24(34-33-23)31-19-9-17-14-35(15-18(17)10-19)13-16-3-7-37-8-4-16/h1-2,11-12,16-19H,3-10,13-15H2,(H,31,34)(H,32,36)/t17-,18+,19?. The molecule has 0 spiro atoms. The molecule has 2 saturated carbocycles. The summed E-state index contributed by atoms with van der Waals surface area (Å²) in [5, 5.41) is 14.1. The number of benzene rings is 1. The van der Waals surface area contributed by atoms with Gasteiger partial charge in [-0.05, 0) is 74.5 Å². The number of ether oxygens (including phenoxy) is 1. The molecule has 6 rings (SSSR count). The minimum atomic E-state index is -1.92. The van der Waals surface area contributed by atoms with E-state index in [0.29, 0.717) is 23.7 Å². The van der Waals surface area contributed by atoms with E-state index < -0.39 is 23.2 Å². The molecular weight excluding hydrogens is 483 g/mol. The number of alkyl halides is 1. The van der Waals surface area contributed by atoms with E-state index in [1.807, 2.05) is 0 Å². The molecule has 10 heteroatoms. The van der Waals surface area contributed by atoms with Crippen molar-refractivity contribution in [2.24, 2.45) is 17.8 Å². The number of halogens is 3. The fourth-order valence-corrected chi connectivity index (χ4v) is 6.15. The monoisotopic (exact) mass is 515 g/mol. The van der Waals surface area contributed by atoms with Crippen molar-refractivity contribution in [1.82, 2.24) is 15.1 Å². The number of fused-ring (bicyclic) bond motifs is 1. The predicted octanol–water partition coefficient (Wildman–Crippen LogP) is 4.41. The molecule has 7 nitrogen and oxygen atoms in total. The van der Waals surface area contributed by atoms with Gasteiger partial charge in [-0.3, -0.25) is 4.79 Å². The molecule has 2 N–H and O–H groups in total. The van der Waals surface area contributed by atoms with Crippen LogP contribution in [0, 0.1) is 29.4 Å². The molecule has 198 valence electrons. The van der Waals surface area contributed by atoms with Gasteiger partial charge in [0, 0.05) is 56.2 Å². The molecule has 37 heavy (non-hydrogen) atoms. The van der Waals surface area contributed by atoms with Gasteiger partial charge < -0.3 is 20.3 Å². The molecule has 1 aromatic carbocycles. The largest absolute Gasteiger partial charge is 0.381 e. The van der Waals surface area contributed by atoms with Crippen LogP contribution in [0.4, 0.5) is 24.7 Å². The van der Waals surface area contributed by atoms with Gasteiger partial charge in [0.25, 0.3) is 5.91 Å². The summed E-state index contributed by atoms with van der Waals surface area (Å²) < 4.78 is 48.2. The van der Waals surface area contributed by atoms with E-state index in [-0.39, 0.29) is 29.8 Å². The molecule has 0 radical (unpaired) electrons. The van der Waals surface area contributed by atoms with Crippen LogP contribution in [0.5, 0.6) is 0 Å². The quantitative estimate of drug-likeness (QED) is 0.569. The van der Waals surface area contributed by atoms with Crippen molar-refractivity contribution >= 4 is 17.4 Å². The summed E-state index contributed by atoms with van der Waals surface area (Å²) in [6, 6.07) is 5.68. The first-order valence-corrected chi connectivity index (χ1v) is 13.3. The number of anilines is 2. The van der Waals surface area contributed by atoms with Crippen LogP contribution < -0.4 is 10.6 Å². The Labute approximate surface area is 214 Å². The second-order valence-electron chi connectivity index (χ2n) is 11.1. The minimum absolute atomic E-state index is 0.0183. The molecule has 2 aromatic rings. The smallest absolute Gasteiger partial charge is 0.262 e. The summed E-state index contributed by atoms with van der Waals surface area (Å²) in [6.45, 7) is 5.25. The molecule has 0 bridgehead atoms. The highest BCUT2D eigenvalue weighted by atomic mass is 19.2. The van der Waals surface area contributed by atoms with Gasteiger partial charge in [-0.2, -0.15) is 0 Å². The Morgan fingerprint density at radius 1 is 1.08 bits per heavy atom. The number of carbonyl (C=O) groups is 1. The Balaban J connectivity index is 1.05. The molecule has 1 aromatic heterocycles. The lowest BCUT2D eigenvalue weighted by molar-refractivity contribution is -0.122. The Morgan fingerprint density at radius 2 is 1.81 bits per heavy atom. The topological polar surface area (TPSA) is 79.4 Å². The average molecular weight is 516 g/mol. The predicted molar refractivity (Wildman–Crippen MR) is 133 cm³/mol. The van der Waals surface area contributed by atoms with E-state index in [4.69, 9.17) is 4.74 Å². The molecule has 1 unspecified atom stereocenters. The van der Waals surface area contributed by atoms with Crippen molar-refractivity contribution < 1.29 is 22.7 Å². The lowest BCUT2D eigenvalue weighted by Gasteiger charge is -2.27. The van der Waals surface area contributed by atoms with Gasteiger partial charge in [0.1, 0.15) is 5.82 Å².